The maximum atomic E-state index is 13.0. The zero-order valence-corrected chi connectivity index (χ0v) is 19.2. The van der Waals surface area contributed by atoms with Crippen molar-refractivity contribution in [2.75, 3.05) is 34.3 Å². The van der Waals surface area contributed by atoms with Gasteiger partial charge in [-0.2, -0.15) is 0 Å². The van der Waals surface area contributed by atoms with Gasteiger partial charge in [0.05, 0.1) is 28.7 Å². The Kier molecular flexibility index (Phi) is 7.35. The first-order valence-electron chi connectivity index (χ1n) is 10.2. The van der Waals surface area contributed by atoms with E-state index in [0.717, 1.165) is 0 Å². The predicted octanol–water partition coefficient (Wildman–Crippen LogP) is 3.63. The number of methoxy groups -OCH3 is 1. The number of amides is 1. The predicted molar refractivity (Wildman–Crippen MR) is 123 cm³/mol. The number of nitro groups is 1. The largest absolute Gasteiger partial charge is 0.507 e. The van der Waals surface area contributed by atoms with Crippen LogP contribution >= 0.6 is 11.6 Å². The second-order valence-electron chi connectivity index (χ2n) is 7.85. The summed E-state index contributed by atoms with van der Waals surface area (Å²) in [6.45, 7) is 0.898. The number of non-ortho nitro benzene ring substituents is 1. The smallest absolute Gasteiger partial charge is 0.295 e. The summed E-state index contributed by atoms with van der Waals surface area (Å²) in [5.41, 5.74) is 0.252. The number of carbonyl (C=O) groups excluding carboxylic acids is 2. The first kappa shape index (κ1) is 24.2. The molecule has 9 nitrogen and oxygen atoms in total. The second kappa shape index (κ2) is 10.0. The second-order valence-corrected chi connectivity index (χ2v) is 8.26. The molecule has 0 aromatic heterocycles. The molecule has 1 N–H and O–H groups in total. The molecule has 0 saturated carbocycles. The summed E-state index contributed by atoms with van der Waals surface area (Å²) in [4.78, 5) is 40.0. The normalized spacial score (nSPS) is 17.6. The van der Waals surface area contributed by atoms with Gasteiger partial charge in [0.25, 0.3) is 17.4 Å². The van der Waals surface area contributed by atoms with E-state index in [9.17, 15) is 24.8 Å². The Morgan fingerprint density at radius 1 is 1.24 bits per heavy atom. The van der Waals surface area contributed by atoms with Gasteiger partial charge in [-0.05, 0) is 50.8 Å². The van der Waals surface area contributed by atoms with Crippen LogP contribution in [0.3, 0.4) is 0 Å². The van der Waals surface area contributed by atoms with Crippen LogP contribution in [0.15, 0.2) is 48.0 Å². The molecule has 2 aromatic carbocycles. The molecule has 10 heteroatoms. The first-order chi connectivity index (χ1) is 15.6. The zero-order valence-electron chi connectivity index (χ0n) is 18.4. The van der Waals surface area contributed by atoms with Gasteiger partial charge in [-0.25, -0.2) is 0 Å². The van der Waals surface area contributed by atoms with Crippen molar-refractivity contribution >= 4 is 34.7 Å². The van der Waals surface area contributed by atoms with Crippen molar-refractivity contribution < 1.29 is 24.4 Å². The number of aliphatic hydroxyl groups is 1. The molecule has 33 heavy (non-hydrogen) atoms. The third kappa shape index (κ3) is 4.99. The number of carbonyl (C=O) groups is 2. The fraction of sp³-hybridized carbons (Fsp3) is 0.304. The topological polar surface area (TPSA) is 113 Å². The monoisotopic (exact) mass is 473 g/mol. The Hall–Kier alpha value is -3.43. The number of hydrogen-bond acceptors (Lipinski definition) is 7. The molecule has 0 aliphatic carbocycles. The van der Waals surface area contributed by atoms with Gasteiger partial charge in [0.2, 0.25) is 0 Å². The number of ether oxygens (including phenoxy) is 1. The summed E-state index contributed by atoms with van der Waals surface area (Å²) in [6.07, 6.45) is 0.569. The number of aliphatic hydroxyl groups excluding tert-OH is 1. The van der Waals surface area contributed by atoms with Gasteiger partial charge >= 0.3 is 0 Å². The number of rotatable bonds is 8. The maximum Gasteiger partial charge on any atom is 0.295 e. The highest BCUT2D eigenvalue weighted by molar-refractivity contribution is 6.46. The lowest BCUT2D eigenvalue weighted by molar-refractivity contribution is -0.384. The van der Waals surface area contributed by atoms with Crippen LogP contribution in [0.4, 0.5) is 5.69 Å². The SMILES string of the molecule is COc1ccc(C(O)=C2C(=O)C(=O)N(CCCN(C)C)[C@H]2c2cccc([N+](=O)[O-])c2)cc1Cl. The molecular weight excluding hydrogens is 450 g/mol. The van der Waals surface area contributed by atoms with Crippen molar-refractivity contribution in [3.05, 3.63) is 74.3 Å². The van der Waals surface area contributed by atoms with Crippen LogP contribution < -0.4 is 4.74 Å². The van der Waals surface area contributed by atoms with Crippen LogP contribution in [0.1, 0.15) is 23.6 Å². The molecule has 1 atom stereocenters. The number of hydrogen-bond donors (Lipinski definition) is 1. The van der Waals surface area contributed by atoms with Gasteiger partial charge in [-0.15, -0.1) is 0 Å². The van der Waals surface area contributed by atoms with E-state index in [1.54, 1.807) is 6.07 Å². The number of halogens is 1. The third-order valence-electron chi connectivity index (χ3n) is 5.37. The lowest BCUT2D eigenvalue weighted by atomic mass is 9.95. The molecule has 1 aliphatic heterocycles. The van der Waals surface area contributed by atoms with Crippen LogP contribution in [0, 0.1) is 10.1 Å². The Balaban J connectivity index is 2.15. The molecule has 0 unspecified atom stereocenters. The molecule has 2 aromatic rings. The summed E-state index contributed by atoms with van der Waals surface area (Å²) in [6, 6.07) is 9.22. The van der Waals surface area contributed by atoms with Gasteiger partial charge in [0, 0.05) is 24.2 Å². The van der Waals surface area contributed by atoms with E-state index in [0.29, 0.717) is 24.3 Å². The van der Waals surface area contributed by atoms with Gasteiger partial charge in [-0.1, -0.05) is 23.7 Å². The van der Waals surface area contributed by atoms with Crippen LogP contribution in [-0.4, -0.2) is 65.8 Å². The van der Waals surface area contributed by atoms with E-state index < -0.39 is 28.4 Å². The molecule has 0 spiro atoms. The van der Waals surface area contributed by atoms with Crippen molar-refractivity contribution in [2.24, 2.45) is 0 Å². The molecule has 1 aliphatic rings. The highest BCUT2D eigenvalue weighted by atomic mass is 35.5. The fourth-order valence-corrected chi connectivity index (χ4v) is 4.05. The summed E-state index contributed by atoms with van der Waals surface area (Å²) < 4.78 is 5.12. The average Bonchev–Trinajstić information content (AvgIpc) is 3.03. The Morgan fingerprint density at radius 2 is 1.97 bits per heavy atom. The number of nitrogens with zero attached hydrogens (tertiary/aromatic N) is 3. The third-order valence-corrected chi connectivity index (χ3v) is 5.66. The number of likely N-dealkylation sites (tertiary alicyclic amines) is 1. The minimum atomic E-state index is -0.979. The minimum Gasteiger partial charge on any atom is -0.507 e. The van der Waals surface area contributed by atoms with E-state index in [2.05, 4.69) is 0 Å². The summed E-state index contributed by atoms with van der Waals surface area (Å²) in [5, 5.41) is 22.6. The van der Waals surface area contributed by atoms with Crippen LogP contribution in [0.25, 0.3) is 5.76 Å². The summed E-state index contributed by atoms with van der Waals surface area (Å²) in [5.74, 6) is -1.66. The van der Waals surface area contributed by atoms with E-state index >= 15 is 0 Å². The van der Waals surface area contributed by atoms with E-state index in [-0.39, 0.29) is 28.4 Å². The Morgan fingerprint density at radius 3 is 2.58 bits per heavy atom. The molecule has 0 radical (unpaired) electrons. The van der Waals surface area contributed by atoms with E-state index in [4.69, 9.17) is 16.3 Å². The lowest BCUT2D eigenvalue weighted by Crippen LogP contribution is -2.32. The summed E-state index contributed by atoms with van der Waals surface area (Å²) in [7, 11) is 5.22. The van der Waals surface area contributed by atoms with Crippen molar-refractivity contribution in [1.29, 1.82) is 0 Å². The van der Waals surface area contributed by atoms with E-state index in [1.807, 2.05) is 19.0 Å². The van der Waals surface area contributed by atoms with Crippen LogP contribution in [0.5, 0.6) is 5.75 Å². The highest BCUT2D eigenvalue weighted by Crippen LogP contribution is 2.41. The summed E-state index contributed by atoms with van der Waals surface area (Å²) >= 11 is 6.18. The molecule has 1 saturated heterocycles. The van der Waals surface area contributed by atoms with Crippen LogP contribution in [0.2, 0.25) is 5.02 Å². The van der Waals surface area contributed by atoms with Gasteiger partial charge < -0.3 is 19.6 Å². The average molecular weight is 474 g/mol. The molecule has 174 valence electrons. The minimum absolute atomic E-state index is 0.147. The van der Waals surface area contributed by atoms with Crippen molar-refractivity contribution in [3.8, 4) is 5.75 Å². The molecule has 1 amide bonds. The lowest BCUT2D eigenvalue weighted by Gasteiger charge is -2.25. The number of benzene rings is 2. The first-order valence-corrected chi connectivity index (χ1v) is 10.5. The number of nitro benzene ring substituents is 1. The molecule has 0 bridgehead atoms. The van der Waals surface area contributed by atoms with E-state index in [1.165, 1.54) is 48.4 Å². The van der Waals surface area contributed by atoms with Gasteiger partial charge in [-0.3, -0.25) is 19.7 Å². The fourth-order valence-electron chi connectivity index (χ4n) is 3.79. The van der Waals surface area contributed by atoms with Crippen LogP contribution in [-0.2, 0) is 9.59 Å². The van der Waals surface area contributed by atoms with Crippen molar-refractivity contribution in [1.82, 2.24) is 9.80 Å². The zero-order chi connectivity index (χ0) is 24.3. The Labute approximate surface area is 196 Å². The molecular formula is C23H24ClN3O6. The quantitative estimate of drug-likeness (QED) is 0.205. The number of Topliss-reactive ketones (excluding diaryl/α,β-unsaturated/α-hetero) is 1. The van der Waals surface area contributed by atoms with Crippen molar-refractivity contribution in [3.63, 3.8) is 0 Å². The number of ketones is 1. The molecule has 3 rings (SSSR count). The van der Waals surface area contributed by atoms with Gasteiger partial charge in [0.1, 0.15) is 11.5 Å². The highest BCUT2D eigenvalue weighted by Gasteiger charge is 2.46. The Bertz CT molecular complexity index is 1130. The van der Waals surface area contributed by atoms with Gasteiger partial charge in [0.15, 0.2) is 0 Å². The maximum absolute atomic E-state index is 13.0. The molecule has 1 fully saturated rings. The standard InChI is InChI=1S/C23H24ClN3O6/c1-25(2)10-5-11-26-20(14-6-4-7-16(12-14)27(31)32)19(22(29)23(26)30)21(28)15-8-9-18(33-3)17(24)13-15/h4,6-9,12-13,20,28H,5,10-11H2,1-3H3/t20-/m0/s1. The molecule has 1 heterocycles. The van der Waals surface area contributed by atoms with Crippen molar-refractivity contribution in [2.45, 2.75) is 12.5 Å².